The summed E-state index contributed by atoms with van der Waals surface area (Å²) in [4.78, 5) is 10.7. The zero-order valence-electron chi connectivity index (χ0n) is 10.4. The third kappa shape index (κ3) is 3.02. The number of hydrogen-bond donors (Lipinski definition) is 0. The molecule has 0 saturated heterocycles. The van der Waals surface area contributed by atoms with E-state index < -0.39 is 9.84 Å². The fourth-order valence-corrected chi connectivity index (χ4v) is 4.86. The van der Waals surface area contributed by atoms with Crippen molar-refractivity contribution in [1.29, 1.82) is 0 Å². The molecule has 0 unspecified atom stereocenters. The quantitative estimate of drug-likeness (QED) is 0.641. The average Bonchev–Trinajstić information content (AvgIpc) is 2.54. The van der Waals surface area contributed by atoms with E-state index in [4.69, 9.17) is 0 Å². The molecule has 0 N–H and O–H groups in total. The number of aromatic nitrogens is 2. The third-order valence-electron chi connectivity index (χ3n) is 2.62. The lowest BCUT2D eigenvalue weighted by atomic mass is 10.2. The van der Waals surface area contributed by atoms with Crippen molar-refractivity contribution in [3.05, 3.63) is 16.8 Å². The highest BCUT2D eigenvalue weighted by molar-refractivity contribution is 8.00. The molecule has 7 heteroatoms. The molecule has 0 atom stereocenters. The van der Waals surface area contributed by atoms with Crippen LogP contribution < -0.4 is 0 Å². The minimum atomic E-state index is -2.91. The minimum absolute atomic E-state index is 0.172. The Morgan fingerprint density at radius 1 is 1.33 bits per heavy atom. The second kappa shape index (κ2) is 5.14. The van der Waals surface area contributed by atoms with Gasteiger partial charge in [0.1, 0.15) is 26.0 Å². The van der Waals surface area contributed by atoms with E-state index in [1.165, 1.54) is 28.5 Å². The van der Waals surface area contributed by atoms with Gasteiger partial charge in [0.15, 0.2) is 0 Å². The van der Waals surface area contributed by atoms with Gasteiger partial charge < -0.3 is 0 Å². The second-order valence-electron chi connectivity index (χ2n) is 4.12. The monoisotopic (exact) mass is 302 g/mol. The number of rotatable bonds is 4. The maximum atomic E-state index is 11.1. The normalized spacial score (nSPS) is 12.2. The Hall–Kier alpha value is -0.660. The number of hydrogen-bond acceptors (Lipinski definition) is 6. The molecule has 0 saturated carbocycles. The number of sulfone groups is 1. The molecule has 0 fully saturated rings. The first-order valence-electron chi connectivity index (χ1n) is 5.39. The topological polar surface area (TPSA) is 59.9 Å². The molecule has 0 aliphatic carbocycles. The van der Waals surface area contributed by atoms with Gasteiger partial charge in [0.05, 0.1) is 5.75 Å². The SMILES string of the molecule is Cc1sc2ncnc(SCCS(C)(=O)=O)c2c1C. The van der Waals surface area contributed by atoms with Crippen LogP contribution in [0, 0.1) is 13.8 Å². The van der Waals surface area contributed by atoms with E-state index in [-0.39, 0.29) is 5.75 Å². The van der Waals surface area contributed by atoms with Crippen molar-refractivity contribution in [2.24, 2.45) is 0 Å². The van der Waals surface area contributed by atoms with Gasteiger partial charge in [-0.3, -0.25) is 0 Å². The molecular weight excluding hydrogens is 288 g/mol. The lowest BCUT2D eigenvalue weighted by Gasteiger charge is -2.02. The first-order valence-corrected chi connectivity index (χ1v) is 9.26. The van der Waals surface area contributed by atoms with Crippen LogP contribution in [0.15, 0.2) is 11.4 Å². The van der Waals surface area contributed by atoms with Gasteiger partial charge in [-0.05, 0) is 19.4 Å². The van der Waals surface area contributed by atoms with Crippen LogP contribution in [0.25, 0.3) is 10.2 Å². The van der Waals surface area contributed by atoms with Gasteiger partial charge in [0, 0.05) is 22.3 Å². The molecule has 2 rings (SSSR count). The van der Waals surface area contributed by atoms with Crippen molar-refractivity contribution in [2.75, 3.05) is 17.8 Å². The fourth-order valence-electron chi connectivity index (χ4n) is 1.55. The number of aryl methyl sites for hydroxylation is 2. The molecule has 98 valence electrons. The zero-order valence-corrected chi connectivity index (χ0v) is 12.9. The van der Waals surface area contributed by atoms with Gasteiger partial charge in [-0.2, -0.15) is 0 Å². The predicted octanol–water partition coefficient (Wildman–Crippen LogP) is 2.44. The number of thiophene rings is 1. The van der Waals surface area contributed by atoms with Gasteiger partial charge >= 0.3 is 0 Å². The highest BCUT2D eigenvalue weighted by Crippen LogP contribution is 2.34. The average molecular weight is 302 g/mol. The Bertz CT molecular complexity index is 677. The third-order valence-corrected chi connectivity index (χ3v) is 5.93. The number of thioether (sulfide) groups is 1. The van der Waals surface area contributed by atoms with Crippen LogP contribution in [0.4, 0.5) is 0 Å². The summed E-state index contributed by atoms with van der Waals surface area (Å²) in [7, 11) is -2.91. The fraction of sp³-hybridized carbons (Fsp3) is 0.455. The molecule has 0 bridgehead atoms. The maximum Gasteiger partial charge on any atom is 0.148 e. The van der Waals surface area contributed by atoms with Gasteiger partial charge in [0.2, 0.25) is 0 Å². The zero-order chi connectivity index (χ0) is 13.3. The van der Waals surface area contributed by atoms with E-state index in [0.717, 1.165) is 15.2 Å². The Morgan fingerprint density at radius 2 is 2.06 bits per heavy atom. The van der Waals surface area contributed by atoms with E-state index in [9.17, 15) is 8.42 Å². The number of fused-ring (bicyclic) bond motifs is 1. The van der Waals surface area contributed by atoms with Crippen LogP contribution in [0.1, 0.15) is 10.4 Å². The van der Waals surface area contributed by atoms with Crippen molar-refractivity contribution >= 4 is 43.2 Å². The van der Waals surface area contributed by atoms with Crippen molar-refractivity contribution in [3.8, 4) is 0 Å². The minimum Gasteiger partial charge on any atom is -0.229 e. The van der Waals surface area contributed by atoms with Crippen molar-refractivity contribution in [2.45, 2.75) is 18.9 Å². The van der Waals surface area contributed by atoms with Crippen molar-refractivity contribution in [1.82, 2.24) is 9.97 Å². The molecule has 4 nitrogen and oxygen atoms in total. The van der Waals surface area contributed by atoms with Crippen molar-refractivity contribution < 1.29 is 8.42 Å². The summed E-state index contributed by atoms with van der Waals surface area (Å²) in [6.45, 7) is 4.12. The summed E-state index contributed by atoms with van der Waals surface area (Å²) >= 11 is 3.13. The van der Waals surface area contributed by atoms with Crippen LogP contribution in [0.3, 0.4) is 0 Å². The Balaban J connectivity index is 2.28. The van der Waals surface area contributed by atoms with E-state index in [0.29, 0.717) is 5.75 Å². The molecule has 18 heavy (non-hydrogen) atoms. The summed E-state index contributed by atoms with van der Waals surface area (Å²) in [6.07, 6.45) is 2.80. The Labute approximate surface area is 115 Å². The molecule has 2 aromatic rings. The summed E-state index contributed by atoms with van der Waals surface area (Å²) in [5.74, 6) is 0.699. The molecule has 0 amide bonds. The highest BCUT2D eigenvalue weighted by atomic mass is 32.2. The van der Waals surface area contributed by atoms with Crippen LogP contribution in [-0.2, 0) is 9.84 Å². The molecule has 0 radical (unpaired) electrons. The van der Waals surface area contributed by atoms with E-state index in [1.807, 2.05) is 0 Å². The molecule has 0 aliphatic heterocycles. The highest BCUT2D eigenvalue weighted by Gasteiger charge is 2.12. The molecular formula is C11H14N2O2S3. The van der Waals surface area contributed by atoms with E-state index in [1.54, 1.807) is 17.7 Å². The summed E-state index contributed by atoms with van der Waals surface area (Å²) in [5.41, 5.74) is 1.19. The van der Waals surface area contributed by atoms with Crippen molar-refractivity contribution in [3.63, 3.8) is 0 Å². The predicted molar refractivity (Wildman–Crippen MR) is 77.3 cm³/mol. The molecule has 0 spiro atoms. The van der Waals surface area contributed by atoms with Crippen LogP contribution in [-0.4, -0.2) is 36.1 Å². The van der Waals surface area contributed by atoms with E-state index in [2.05, 4.69) is 23.8 Å². The van der Waals surface area contributed by atoms with Crippen LogP contribution in [0.2, 0.25) is 0 Å². The largest absolute Gasteiger partial charge is 0.229 e. The Kier molecular flexibility index (Phi) is 3.93. The molecule has 2 heterocycles. The van der Waals surface area contributed by atoms with E-state index >= 15 is 0 Å². The molecule has 2 aromatic heterocycles. The smallest absolute Gasteiger partial charge is 0.148 e. The number of nitrogens with zero attached hydrogens (tertiary/aromatic N) is 2. The summed E-state index contributed by atoms with van der Waals surface area (Å²) in [5, 5.41) is 1.95. The van der Waals surface area contributed by atoms with Gasteiger partial charge in [-0.25, -0.2) is 18.4 Å². The molecule has 0 aliphatic rings. The second-order valence-corrected chi connectivity index (χ2v) is 8.67. The summed E-state index contributed by atoms with van der Waals surface area (Å²) < 4.78 is 22.2. The lowest BCUT2D eigenvalue weighted by Crippen LogP contribution is -2.05. The summed E-state index contributed by atoms with van der Waals surface area (Å²) in [6, 6.07) is 0. The first kappa shape index (κ1) is 13.8. The van der Waals surface area contributed by atoms with Gasteiger partial charge in [-0.15, -0.1) is 23.1 Å². The standard InChI is InChI=1S/C11H14N2O2S3/c1-7-8(2)17-11-9(7)10(12-6-13-11)16-4-5-18(3,14)15/h6H,4-5H2,1-3H3. The van der Waals surface area contributed by atoms with Gasteiger partial charge in [-0.1, -0.05) is 0 Å². The van der Waals surface area contributed by atoms with Crippen LogP contribution >= 0.6 is 23.1 Å². The van der Waals surface area contributed by atoms with Gasteiger partial charge in [0.25, 0.3) is 0 Å². The molecule has 0 aromatic carbocycles. The first-order chi connectivity index (χ1) is 8.38. The van der Waals surface area contributed by atoms with Crippen LogP contribution in [0.5, 0.6) is 0 Å². The lowest BCUT2D eigenvalue weighted by molar-refractivity contribution is 0.603. The maximum absolute atomic E-state index is 11.1. The Morgan fingerprint density at radius 3 is 2.72 bits per heavy atom.